The average molecular weight is 482 g/mol. The molecular formula is C24H20ClN3O4S. The number of terminal acetylenes is 1. The average Bonchev–Trinajstić information content (AvgIpc) is 2.80. The fourth-order valence-corrected chi connectivity index (χ4v) is 4.09. The molecule has 0 aromatic heterocycles. The summed E-state index contributed by atoms with van der Waals surface area (Å²) in [5.74, 6) is 1.65. The number of sulfonamides is 1. The van der Waals surface area contributed by atoms with Gasteiger partial charge in [0.05, 0.1) is 11.4 Å². The van der Waals surface area contributed by atoms with Gasteiger partial charge in [0.1, 0.15) is 0 Å². The minimum atomic E-state index is -3.84. The predicted molar refractivity (Wildman–Crippen MR) is 129 cm³/mol. The number of carbonyl (C=O) groups excluding carboxylic acids is 2. The molecule has 0 fully saturated rings. The van der Waals surface area contributed by atoms with Crippen molar-refractivity contribution in [3.05, 3.63) is 88.9 Å². The third-order valence-corrected chi connectivity index (χ3v) is 6.20. The van der Waals surface area contributed by atoms with Crippen LogP contribution in [0.2, 0.25) is 5.02 Å². The topological polar surface area (TPSA) is 95.6 Å². The van der Waals surface area contributed by atoms with Crippen molar-refractivity contribution >= 4 is 44.8 Å². The molecule has 0 bridgehead atoms. The van der Waals surface area contributed by atoms with Gasteiger partial charge in [0.2, 0.25) is 5.91 Å². The summed E-state index contributed by atoms with van der Waals surface area (Å²) in [5.41, 5.74) is 1.75. The van der Waals surface area contributed by atoms with Crippen LogP contribution in [0.5, 0.6) is 0 Å². The molecule has 168 valence electrons. The molecule has 33 heavy (non-hydrogen) atoms. The van der Waals surface area contributed by atoms with Crippen molar-refractivity contribution in [2.24, 2.45) is 0 Å². The Kier molecular flexibility index (Phi) is 7.38. The number of hydrogen-bond donors (Lipinski definition) is 2. The number of amides is 2. The third kappa shape index (κ3) is 6.35. The summed E-state index contributed by atoms with van der Waals surface area (Å²) in [7, 11) is -2.37. The molecule has 0 radical (unpaired) electrons. The van der Waals surface area contributed by atoms with Gasteiger partial charge in [-0.15, -0.1) is 6.42 Å². The molecule has 3 aromatic rings. The van der Waals surface area contributed by atoms with Gasteiger partial charge in [0.25, 0.3) is 15.9 Å². The van der Waals surface area contributed by atoms with Crippen LogP contribution >= 0.6 is 11.6 Å². The highest BCUT2D eigenvalue weighted by atomic mass is 35.5. The molecular weight excluding hydrogens is 462 g/mol. The van der Waals surface area contributed by atoms with Crippen molar-refractivity contribution in [2.45, 2.75) is 4.90 Å². The van der Waals surface area contributed by atoms with Crippen molar-refractivity contribution < 1.29 is 18.0 Å². The van der Waals surface area contributed by atoms with E-state index in [1.807, 2.05) is 0 Å². The molecule has 0 aliphatic heterocycles. The molecule has 0 heterocycles. The molecule has 3 rings (SSSR count). The van der Waals surface area contributed by atoms with E-state index in [0.29, 0.717) is 22.0 Å². The molecule has 3 aromatic carbocycles. The van der Waals surface area contributed by atoms with Crippen LogP contribution in [0, 0.1) is 12.3 Å². The lowest BCUT2D eigenvalue weighted by Crippen LogP contribution is -2.34. The van der Waals surface area contributed by atoms with Gasteiger partial charge >= 0.3 is 0 Å². The maximum atomic E-state index is 12.7. The number of hydrogen-bond acceptors (Lipinski definition) is 4. The second-order valence-corrected chi connectivity index (χ2v) is 9.19. The predicted octanol–water partition coefficient (Wildman–Crippen LogP) is 3.83. The largest absolute Gasteiger partial charge is 0.332 e. The van der Waals surface area contributed by atoms with E-state index in [1.54, 1.807) is 48.5 Å². The summed E-state index contributed by atoms with van der Waals surface area (Å²) >= 11 is 5.81. The number of halogens is 1. The molecule has 0 atom stereocenters. The van der Waals surface area contributed by atoms with Crippen molar-refractivity contribution in [1.82, 2.24) is 4.90 Å². The molecule has 7 nitrogen and oxygen atoms in total. The fourth-order valence-electron chi connectivity index (χ4n) is 2.90. The maximum absolute atomic E-state index is 12.7. The van der Waals surface area contributed by atoms with Gasteiger partial charge in [-0.2, -0.15) is 0 Å². The Morgan fingerprint density at radius 2 is 1.67 bits per heavy atom. The first-order chi connectivity index (χ1) is 15.7. The molecule has 0 unspecified atom stereocenters. The van der Waals surface area contributed by atoms with E-state index in [2.05, 4.69) is 16.0 Å². The lowest BCUT2D eigenvalue weighted by atomic mass is 10.2. The van der Waals surface area contributed by atoms with Crippen LogP contribution in [0.3, 0.4) is 0 Å². The van der Waals surface area contributed by atoms with E-state index in [0.717, 1.165) is 0 Å². The van der Waals surface area contributed by atoms with E-state index >= 15 is 0 Å². The minimum absolute atomic E-state index is 0.0113. The Bertz CT molecular complexity index is 1320. The number of nitrogens with zero attached hydrogens (tertiary/aromatic N) is 1. The van der Waals surface area contributed by atoms with Gasteiger partial charge in [-0.1, -0.05) is 23.6 Å². The van der Waals surface area contributed by atoms with E-state index < -0.39 is 21.8 Å². The van der Waals surface area contributed by atoms with E-state index in [-0.39, 0.29) is 17.0 Å². The molecule has 0 saturated carbocycles. The number of nitrogens with one attached hydrogen (secondary N) is 2. The Labute approximate surface area is 197 Å². The fraction of sp³-hybridized carbons (Fsp3) is 0.0833. The summed E-state index contributed by atoms with van der Waals surface area (Å²) in [5, 5.41) is 3.17. The zero-order chi connectivity index (χ0) is 24.0. The van der Waals surface area contributed by atoms with E-state index in [4.69, 9.17) is 18.0 Å². The first kappa shape index (κ1) is 23.9. The van der Waals surface area contributed by atoms with Crippen LogP contribution < -0.4 is 10.0 Å². The van der Waals surface area contributed by atoms with Gasteiger partial charge in [-0.25, -0.2) is 8.42 Å². The van der Waals surface area contributed by atoms with Crippen molar-refractivity contribution in [2.75, 3.05) is 23.6 Å². The molecule has 0 spiro atoms. The second kappa shape index (κ2) is 10.2. The summed E-state index contributed by atoms with van der Waals surface area (Å²) < 4.78 is 27.6. The van der Waals surface area contributed by atoms with Gasteiger partial charge in [-0.05, 0) is 66.7 Å². The molecule has 0 saturated heterocycles. The highest BCUT2D eigenvalue weighted by Crippen LogP contribution is 2.19. The lowest BCUT2D eigenvalue weighted by Gasteiger charge is -2.17. The zero-order valence-electron chi connectivity index (χ0n) is 17.6. The quantitative estimate of drug-likeness (QED) is 0.501. The summed E-state index contributed by atoms with van der Waals surface area (Å²) in [6.45, 7) is -0.197. The Morgan fingerprint density at radius 3 is 2.30 bits per heavy atom. The van der Waals surface area contributed by atoms with Gasteiger partial charge in [-0.3, -0.25) is 14.3 Å². The highest BCUT2D eigenvalue weighted by molar-refractivity contribution is 7.92. The number of likely N-dealkylation sites (N-methyl/N-ethyl adjacent to an activating group) is 1. The third-order valence-electron chi connectivity index (χ3n) is 4.55. The molecule has 2 N–H and O–H groups in total. The summed E-state index contributed by atoms with van der Waals surface area (Å²) in [6, 6.07) is 18.5. The molecule has 0 aliphatic rings. The van der Waals surface area contributed by atoms with Crippen LogP contribution in [0.4, 0.5) is 11.4 Å². The zero-order valence-corrected chi connectivity index (χ0v) is 19.2. The second-order valence-electron chi connectivity index (χ2n) is 7.07. The monoisotopic (exact) mass is 481 g/mol. The normalized spacial score (nSPS) is 10.7. The summed E-state index contributed by atoms with van der Waals surface area (Å²) in [6.07, 6.45) is 5.35. The summed E-state index contributed by atoms with van der Waals surface area (Å²) in [4.78, 5) is 26.2. The number of carbonyl (C=O) groups is 2. The van der Waals surface area contributed by atoms with Gasteiger partial charge in [0.15, 0.2) is 0 Å². The van der Waals surface area contributed by atoms with Crippen LogP contribution in [0.25, 0.3) is 0 Å². The Morgan fingerprint density at radius 1 is 1.00 bits per heavy atom. The Balaban J connectivity index is 1.63. The smallest absolute Gasteiger partial charge is 0.261 e. The maximum Gasteiger partial charge on any atom is 0.261 e. The van der Waals surface area contributed by atoms with Crippen LogP contribution in [0.15, 0.2) is 77.7 Å². The van der Waals surface area contributed by atoms with Gasteiger partial charge in [0, 0.05) is 34.6 Å². The highest BCUT2D eigenvalue weighted by Gasteiger charge is 2.18. The first-order valence-electron chi connectivity index (χ1n) is 9.68. The standard InChI is InChI=1S/C24H20ClN3O4S/c1-3-17-5-4-6-21(15-17)26-23(29)16-28(2)24(30)18-7-13-22(14-8-18)33(31,32)27-20-11-9-19(25)10-12-20/h1,4-15,27H,16H2,2H3,(H,26,29). The van der Waals surface area contributed by atoms with Crippen LogP contribution in [-0.2, 0) is 14.8 Å². The van der Waals surface area contributed by atoms with Crippen molar-refractivity contribution in [3.63, 3.8) is 0 Å². The minimum Gasteiger partial charge on any atom is -0.332 e. The van der Waals surface area contributed by atoms with Crippen LogP contribution in [0.1, 0.15) is 15.9 Å². The lowest BCUT2D eigenvalue weighted by molar-refractivity contribution is -0.116. The Hall–Kier alpha value is -3.80. The van der Waals surface area contributed by atoms with E-state index in [9.17, 15) is 18.0 Å². The first-order valence-corrected chi connectivity index (χ1v) is 11.5. The van der Waals surface area contributed by atoms with Crippen LogP contribution in [-0.4, -0.2) is 38.7 Å². The molecule has 9 heteroatoms. The number of anilines is 2. The van der Waals surface area contributed by atoms with Gasteiger partial charge < -0.3 is 10.2 Å². The van der Waals surface area contributed by atoms with E-state index in [1.165, 1.54) is 36.2 Å². The molecule has 0 aliphatic carbocycles. The number of rotatable bonds is 7. The molecule has 2 amide bonds. The number of benzene rings is 3. The van der Waals surface area contributed by atoms with Crippen molar-refractivity contribution in [3.8, 4) is 12.3 Å². The van der Waals surface area contributed by atoms with Crippen molar-refractivity contribution in [1.29, 1.82) is 0 Å². The SMILES string of the molecule is C#Cc1cccc(NC(=O)CN(C)C(=O)c2ccc(S(=O)(=O)Nc3ccc(Cl)cc3)cc2)c1.